The Kier molecular flexibility index (Phi) is 7.39. The molecular formula is C40H32N2S2. The molecule has 7 aromatic rings. The van der Waals surface area contributed by atoms with E-state index < -0.39 is 0 Å². The van der Waals surface area contributed by atoms with Gasteiger partial charge in [0.25, 0.3) is 0 Å². The predicted octanol–water partition coefficient (Wildman–Crippen LogP) is 13.0. The Morgan fingerprint density at radius 2 is 0.886 bits per heavy atom. The zero-order valence-electron chi connectivity index (χ0n) is 24.8. The van der Waals surface area contributed by atoms with Crippen LogP contribution in [-0.4, -0.2) is 0 Å². The molecule has 2 heterocycles. The standard InChI is InChI=1S/C40H32N2S2/c1-5-29-13-17-33(18-14-29)41(35-11-7-9-27(3)21-35)39-25-31-23-38-32(24-37(31)43-39)26-40(44-38)42(36-12-8-10-28(4)22-36)34-19-15-30(6-2)16-20-34/h5-26H,1-2H2,3-4H3. The van der Waals surface area contributed by atoms with E-state index in [1.54, 1.807) is 0 Å². The van der Waals surface area contributed by atoms with Crippen molar-refractivity contribution in [2.24, 2.45) is 0 Å². The van der Waals surface area contributed by atoms with Crippen molar-refractivity contribution in [1.82, 2.24) is 0 Å². The van der Waals surface area contributed by atoms with E-state index in [4.69, 9.17) is 0 Å². The molecule has 7 rings (SSSR count). The van der Waals surface area contributed by atoms with Gasteiger partial charge in [0.1, 0.15) is 10.0 Å². The van der Waals surface area contributed by atoms with Crippen molar-refractivity contribution in [3.05, 3.63) is 157 Å². The Hall–Kier alpha value is -4.90. The van der Waals surface area contributed by atoms with Crippen molar-refractivity contribution in [2.75, 3.05) is 9.80 Å². The van der Waals surface area contributed by atoms with Crippen molar-refractivity contribution >= 4 is 87.7 Å². The summed E-state index contributed by atoms with van der Waals surface area (Å²) < 4.78 is 2.55. The third kappa shape index (κ3) is 5.35. The molecule has 0 bridgehead atoms. The van der Waals surface area contributed by atoms with Crippen LogP contribution in [-0.2, 0) is 0 Å². The number of hydrogen-bond donors (Lipinski definition) is 0. The molecule has 0 aliphatic carbocycles. The predicted molar refractivity (Wildman–Crippen MR) is 196 cm³/mol. The molecule has 4 heteroatoms. The Balaban J connectivity index is 1.33. The van der Waals surface area contributed by atoms with Gasteiger partial charge >= 0.3 is 0 Å². The highest BCUT2D eigenvalue weighted by atomic mass is 32.1. The van der Waals surface area contributed by atoms with Gasteiger partial charge in [0.05, 0.1) is 0 Å². The molecule has 0 aliphatic rings. The van der Waals surface area contributed by atoms with Crippen LogP contribution in [0.2, 0.25) is 0 Å². The monoisotopic (exact) mass is 604 g/mol. The van der Waals surface area contributed by atoms with Crippen molar-refractivity contribution < 1.29 is 0 Å². The Labute approximate surface area is 267 Å². The molecule has 0 atom stereocenters. The highest BCUT2D eigenvalue weighted by molar-refractivity contribution is 7.24. The molecule has 0 saturated heterocycles. The summed E-state index contributed by atoms with van der Waals surface area (Å²) in [4.78, 5) is 4.72. The molecule has 0 fully saturated rings. The van der Waals surface area contributed by atoms with E-state index in [1.165, 1.54) is 41.3 Å². The summed E-state index contributed by atoms with van der Waals surface area (Å²) in [7, 11) is 0. The van der Waals surface area contributed by atoms with Crippen molar-refractivity contribution in [3.8, 4) is 0 Å². The topological polar surface area (TPSA) is 6.48 Å². The second-order valence-electron chi connectivity index (χ2n) is 11.0. The average molecular weight is 605 g/mol. The summed E-state index contributed by atoms with van der Waals surface area (Å²) in [5.41, 5.74) is 9.28. The van der Waals surface area contributed by atoms with Crippen LogP contribution in [0.5, 0.6) is 0 Å². The summed E-state index contributed by atoms with van der Waals surface area (Å²) in [5, 5.41) is 4.89. The summed E-state index contributed by atoms with van der Waals surface area (Å²) in [6.45, 7) is 12.1. The lowest BCUT2D eigenvalue weighted by Gasteiger charge is -2.24. The molecule has 0 N–H and O–H groups in total. The highest BCUT2D eigenvalue weighted by Crippen LogP contribution is 2.46. The molecule has 2 nitrogen and oxygen atoms in total. The van der Waals surface area contributed by atoms with Crippen LogP contribution < -0.4 is 9.80 Å². The van der Waals surface area contributed by atoms with Crippen LogP contribution >= 0.6 is 22.7 Å². The van der Waals surface area contributed by atoms with Gasteiger partial charge in [-0.15, -0.1) is 22.7 Å². The van der Waals surface area contributed by atoms with E-state index in [1.807, 2.05) is 34.8 Å². The first-order valence-corrected chi connectivity index (χ1v) is 16.3. The molecule has 0 unspecified atom stereocenters. The zero-order valence-corrected chi connectivity index (χ0v) is 26.5. The molecule has 5 aromatic carbocycles. The number of thiophene rings is 2. The van der Waals surface area contributed by atoms with Gasteiger partial charge in [-0.05, 0) is 120 Å². The first-order valence-electron chi connectivity index (χ1n) is 14.6. The van der Waals surface area contributed by atoms with Gasteiger partial charge in [0.2, 0.25) is 0 Å². The van der Waals surface area contributed by atoms with Crippen LogP contribution in [0.1, 0.15) is 22.3 Å². The molecule has 214 valence electrons. The van der Waals surface area contributed by atoms with Gasteiger partial charge in [0, 0.05) is 32.1 Å². The van der Waals surface area contributed by atoms with Crippen LogP contribution in [0.25, 0.3) is 32.3 Å². The fraction of sp³-hybridized carbons (Fsp3) is 0.0500. The molecule has 0 amide bonds. The molecule has 0 radical (unpaired) electrons. The zero-order chi connectivity index (χ0) is 30.2. The smallest absolute Gasteiger partial charge is 0.101 e. The lowest BCUT2D eigenvalue weighted by Crippen LogP contribution is -2.08. The maximum atomic E-state index is 3.93. The van der Waals surface area contributed by atoms with E-state index in [0.29, 0.717) is 0 Å². The molecular weight excluding hydrogens is 573 g/mol. The van der Waals surface area contributed by atoms with Gasteiger partial charge in [-0.25, -0.2) is 0 Å². The number of benzene rings is 5. The lowest BCUT2D eigenvalue weighted by atomic mass is 10.1. The van der Waals surface area contributed by atoms with E-state index in [2.05, 4.69) is 158 Å². The molecule has 44 heavy (non-hydrogen) atoms. The summed E-state index contributed by atoms with van der Waals surface area (Å²) in [5.74, 6) is 0. The highest BCUT2D eigenvalue weighted by Gasteiger charge is 2.19. The maximum absolute atomic E-state index is 3.93. The molecule has 0 spiro atoms. The molecule has 2 aromatic heterocycles. The van der Waals surface area contributed by atoms with Crippen LogP contribution in [0.15, 0.2) is 134 Å². The number of hydrogen-bond acceptors (Lipinski definition) is 4. The second-order valence-corrected chi connectivity index (χ2v) is 13.2. The summed E-state index contributed by atoms with van der Waals surface area (Å²) in [6.07, 6.45) is 3.77. The van der Waals surface area contributed by atoms with E-state index >= 15 is 0 Å². The first kappa shape index (κ1) is 27.9. The van der Waals surface area contributed by atoms with E-state index in [-0.39, 0.29) is 0 Å². The maximum Gasteiger partial charge on any atom is 0.101 e. The quantitative estimate of drug-likeness (QED) is 0.170. The van der Waals surface area contributed by atoms with Gasteiger partial charge in [-0.2, -0.15) is 0 Å². The normalized spacial score (nSPS) is 11.1. The summed E-state index contributed by atoms with van der Waals surface area (Å²) >= 11 is 3.66. The second kappa shape index (κ2) is 11.6. The molecule has 0 aliphatic heterocycles. The van der Waals surface area contributed by atoms with Crippen molar-refractivity contribution in [2.45, 2.75) is 13.8 Å². The minimum absolute atomic E-state index is 1.11. The molecule has 0 saturated carbocycles. The van der Waals surface area contributed by atoms with Crippen LogP contribution in [0.3, 0.4) is 0 Å². The fourth-order valence-electron chi connectivity index (χ4n) is 5.62. The largest absolute Gasteiger partial charge is 0.302 e. The number of fused-ring (bicyclic) bond motifs is 2. The van der Waals surface area contributed by atoms with Gasteiger partial charge < -0.3 is 9.80 Å². The summed E-state index contributed by atoms with van der Waals surface area (Å²) in [6, 6.07) is 44.0. The minimum atomic E-state index is 1.11. The first-order chi connectivity index (χ1) is 21.5. The number of anilines is 6. The Morgan fingerprint density at radius 1 is 0.477 bits per heavy atom. The minimum Gasteiger partial charge on any atom is -0.302 e. The average Bonchev–Trinajstić information content (AvgIpc) is 3.63. The Bertz CT molecular complexity index is 1930. The van der Waals surface area contributed by atoms with E-state index in [0.717, 1.165) is 33.9 Å². The number of aryl methyl sites for hydroxylation is 2. The number of rotatable bonds is 8. The third-order valence-corrected chi connectivity index (χ3v) is 10.0. The van der Waals surface area contributed by atoms with Crippen molar-refractivity contribution in [1.29, 1.82) is 0 Å². The fourth-order valence-corrected chi connectivity index (χ4v) is 7.89. The number of nitrogens with zero attached hydrogens (tertiary/aromatic N) is 2. The van der Waals surface area contributed by atoms with Gasteiger partial charge in [0.15, 0.2) is 0 Å². The van der Waals surface area contributed by atoms with Crippen LogP contribution in [0, 0.1) is 13.8 Å². The SMILES string of the molecule is C=Cc1ccc(N(c2cccc(C)c2)c2cc3cc4sc(N(c5ccc(C=C)cc5)c5cccc(C)c5)cc4cc3s2)cc1. The van der Waals surface area contributed by atoms with E-state index in [9.17, 15) is 0 Å². The third-order valence-electron chi connectivity index (χ3n) is 7.86. The van der Waals surface area contributed by atoms with Gasteiger partial charge in [-0.3, -0.25) is 0 Å². The van der Waals surface area contributed by atoms with Crippen LogP contribution in [0.4, 0.5) is 32.8 Å². The lowest BCUT2D eigenvalue weighted by molar-refractivity contribution is 1.30. The van der Waals surface area contributed by atoms with Gasteiger partial charge in [-0.1, -0.05) is 73.8 Å². The Morgan fingerprint density at radius 3 is 1.25 bits per heavy atom. The van der Waals surface area contributed by atoms with Crippen molar-refractivity contribution in [3.63, 3.8) is 0 Å².